The van der Waals surface area contributed by atoms with Crippen LogP contribution in [-0.4, -0.2) is 20.4 Å². The van der Waals surface area contributed by atoms with Crippen molar-refractivity contribution in [1.29, 1.82) is 0 Å². The number of nitrogens with one attached hydrogen (secondary N) is 2. The lowest BCUT2D eigenvalue weighted by Gasteiger charge is -2.57. The number of aromatic nitrogens is 2. The van der Waals surface area contributed by atoms with Gasteiger partial charge in [-0.25, -0.2) is 9.97 Å². The first-order chi connectivity index (χ1) is 13.9. The average Bonchev–Trinajstić information content (AvgIpc) is 2.62. The highest BCUT2D eigenvalue weighted by atomic mass is 16.6. The molecule has 0 saturated heterocycles. The first-order valence-corrected chi connectivity index (χ1v) is 10.5. The second kappa shape index (κ2) is 6.68. The lowest BCUT2D eigenvalue weighted by atomic mass is 9.53. The maximum absolute atomic E-state index is 12.0. The third kappa shape index (κ3) is 3.32. The SMILES string of the molecule is Cc1ccc(Nc2ncnc(NC34CC5CC(CC(C5)C3)C4)c2[N+](=O)[O-])c(C)c1. The van der Waals surface area contributed by atoms with Crippen molar-refractivity contribution in [2.24, 2.45) is 17.8 Å². The van der Waals surface area contributed by atoms with E-state index in [2.05, 4.69) is 20.6 Å². The van der Waals surface area contributed by atoms with Gasteiger partial charge >= 0.3 is 5.69 Å². The van der Waals surface area contributed by atoms with Gasteiger partial charge in [0.15, 0.2) is 0 Å². The van der Waals surface area contributed by atoms with Gasteiger partial charge in [0.2, 0.25) is 11.6 Å². The van der Waals surface area contributed by atoms with E-state index in [4.69, 9.17) is 0 Å². The van der Waals surface area contributed by atoms with Crippen LogP contribution in [0.1, 0.15) is 49.7 Å². The number of benzene rings is 1. The van der Waals surface area contributed by atoms with Gasteiger partial charge in [0, 0.05) is 11.2 Å². The summed E-state index contributed by atoms with van der Waals surface area (Å²) in [6.07, 6.45) is 8.69. The fourth-order valence-electron chi connectivity index (χ4n) is 6.33. The van der Waals surface area contributed by atoms with Crippen LogP contribution in [0.5, 0.6) is 0 Å². The molecule has 0 atom stereocenters. The van der Waals surface area contributed by atoms with Crippen molar-refractivity contribution in [2.75, 3.05) is 10.6 Å². The summed E-state index contributed by atoms with van der Waals surface area (Å²) in [7, 11) is 0. The molecule has 6 rings (SSSR count). The van der Waals surface area contributed by atoms with Crippen LogP contribution in [0.4, 0.5) is 23.0 Å². The molecular weight excluding hydrogens is 366 g/mol. The van der Waals surface area contributed by atoms with Gasteiger partial charge in [0.25, 0.3) is 0 Å². The molecule has 2 N–H and O–H groups in total. The van der Waals surface area contributed by atoms with Gasteiger partial charge in [-0.05, 0) is 81.8 Å². The van der Waals surface area contributed by atoms with Gasteiger partial charge in [0.1, 0.15) is 6.33 Å². The molecule has 7 heteroatoms. The first kappa shape index (κ1) is 18.3. The normalized spacial score (nSPS) is 29.7. The number of aryl methyl sites for hydroxylation is 2. The van der Waals surface area contributed by atoms with Crippen LogP contribution in [0.3, 0.4) is 0 Å². The Hall–Kier alpha value is -2.70. The van der Waals surface area contributed by atoms with Crippen molar-refractivity contribution < 1.29 is 4.92 Å². The summed E-state index contributed by atoms with van der Waals surface area (Å²) in [5.74, 6) is 2.84. The Morgan fingerprint density at radius 1 is 1.03 bits per heavy atom. The minimum atomic E-state index is -0.366. The Bertz CT molecular complexity index is 938. The zero-order valence-electron chi connectivity index (χ0n) is 16.9. The highest BCUT2D eigenvalue weighted by Crippen LogP contribution is 2.57. The van der Waals surface area contributed by atoms with Crippen LogP contribution in [0.2, 0.25) is 0 Å². The van der Waals surface area contributed by atoms with E-state index in [1.54, 1.807) is 0 Å². The Morgan fingerprint density at radius 3 is 2.24 bits per heavy atom. The van der Waals surface area contributed by atoms with Gasteiger partial charge < -0.3 is 10.6 Å². The summed E-state index contributed by atoms with van der Waals surface area (Å²) in [5, 5.41) is 18.7. The monoisotopic (exact) mass is 393 g/mol. The highest BCUT2D eigenvalue weighted by molar-refractivity contribution is 5.75. The Labute approximate surface area is 170 Å². The molecule has 0 aliphatic heterocycles. The van der Waals surface area contributed by atoms with Crippen molar-refractivity contribution in [1.82, 2.24) is 9.97 Å². The zero-order chi connectivity index (χ0) is 20.2. The van der Waals surface area contributed by atoms with Crippen molar-refractivity contribution in [3.05, 3.63) is 45.8 Å². The smallest absolute Gasteiger partial charge is 0.353 e. The molecule has 1 aromatic heterocycles. The summed E-state index contributed by atoms with van der Waals surface area (Å²) in [6.45, 7) is 4.01. The molecule has 152 valence electrons. The van der Waals surface area contributed by atoms with Crippen molar-refractivity contribution in [2.45, 2.75) is 57.9 Å². The molecule has 4 aliphatic rings. The fraction of sp³-hybridized carbons (Fsp3) is 0.545. The van der Waals surface area contributed by atoms with E-state index in [1.165, 1.54) is 25.6 Å². The molecule has 0 spiro atoms. The summed E-state index contributed by atoms with van der Waals surface area (Å²) >= 11 is 0. The molecule has 0 radical (unpaired) electrons. The maximum atomic E-state index is 12.0. The molecule has 0 amide bonds. The highest BCUT2D eigenvalue weighted by Gasteiger charge is 2.51. The first-order valence-electron chi connectivity index (χ1n) is 10.5. The number of nitrogens with zero attached hydrogens (tertiary/aromatic N) is 3. The van der Waals surface area contributed by atoms with Crippen LogP contribution in [0, 0.1) is 41.7 Å². The second-order valence-electron chi connectivity index (χ2n) is 9.44. The summed E-state index contributed by atoms with van der Waals surface area (Å²) in [4.78, 5) is 20.2. The number of anilines is 3. The summed E-state index contributed by atoms with van der Waals surface area (Å²) < 4.78 is 0. The van der Waals surface area contributed by atoms with E-state index in [9.17, 15) is 10.1 Å². The molecule has 2 aromatic rings. The van der Waals surface area contributed by atoms with Crippen LogP contribution < -0.4 is 10.6 Å². The van der Waals surface area contributed by atoms with E-state index in [0.29, 0.717) is 5.82 Å². The zero-order valence-corrected chi connectivity index (χ0v) is 16.9. The molecule has 0 unspecified atom stereocenters. The van der Waals surface area contributed by atoms with Crippen LogP contribution in [0.25, 0.3) is 0 Å². The Morgan fingerprint density at radius 2 is 1.66 bits per heavy atom. The molecule has 4 saturated carbocycles. The Balaban J connectivity index is 1.48. The predicted octanol–water partition coefficient (Wildman–Crippen LogP) is 5.13. The van der Waals surface area contributed by atoms with E-state index in [0.717, 1.165) is 53.8 Å². The topological polar surface area (TPSA) is 93.0 Å². The van der Waals surface area contributed by atoms with Crippen molar-refractivity contribution in [3.63, 3.8) is 0 Å². The van der Waals surface area contributed by atoms with Gasteiger partial charge in [-0.1, -0.05) is 17.7 Å². The Kier molecular flexibility index (Phi) is 4.22. The van der Waals surface area contributed by atoms with Gasteiger partial charge in [-0.3, -0.25) is 10.1 Å². The molecule has 1 aromatic carbocycles. The largest absolute Gasteiger partial charge is 0.359 e. The lowest BCUT2D eigenvalue weighted by molar-refractivity contribution is -0.383. The molecule has 1 heterocycles. The van der Waals surface area contributed by atoms with E-state index >= 15 is 0 Å². The molecular formula is C22H27N5O2. The number of hydrogen-bond acceptors (Lipinski definition) is 6. The number of rotatable bonds is 5. The van der Waals surface area contributed by atoms with Gasteiger partial charge in [-0.2, -0.15) is 0 Å². The third-order valence-corrected chi connectivity index (χ3v) is 7.06. The molecule has 4 aliphatic carbocycles. The minimum Gasteiger partial charge on any atom is -0.359 e. The molecule has 29 heavy (non-hydrogen) atoms. The standard InChI is InChI=1S/C22H27N5O2/c1-13-3-4-18(14(2)5-13)25-20-19(27(28)29)21(24-12-23-20)26-22-9-15-6-16(10-22)8-17(7-15)11-22/h3-5,12,15-17H,6-11H2,1-2H3,(H2,23,24,25,26). The average molecular weight is 393 g/mol. The molecule has 7 nitrogen and oxygen atoms in total. The van der Waals surface area contributed by atoms with Crippen molar-refractivity contribution in [3.8, 4) is 0 Å². The van der Waals surface area contributed by atoms with Gasteiger partial charge in [-0.15, -0.1) is 0 Å². The van der Waals surface area contributed by atoms with Crippen molar-refractivity contribution >= 4 is 23.0 Å². The van der Waals surface area contributed by atoms with Crippen LogP contribution >= 0.6 is 0 Å². The van der Waals surface area contributed by atoms with E-state index in [1.807, 2.05) is 32.0 Å². The van der Waals surface area contributed by atoms with E-state index in [-0.39, 0.29) is 22.0 Å². The molecule has 4 fully saturated rings. The van der Waals surface area contributed by atoms with E-state index < -0.39 is 0 Å². The number of nitro groups is 1. The molecule has 4 bridgehead atoms. The summed E-state index contributed by atoms with van der Waals surface area (Å²) in [6, 6.07) is 5.96. The quantitative estimate of drug-likeness (QED) is 0.540. The fourth-order valence-corrected chi connectivity index (χ4v) is 6.33. The lowest BCUT2D eigenvalue weighted by Crippen LogP contribution is -2.55. The summed E-state index contributed by atoms with van der Waals surface area (Å²) in [5.41, 5.74) is 2.87. The maximum Gasteiger partial charge on any atom is 0.353 e. The minimum absolute atomic E-state index is 0.0507. The number of hydrogen-bond donors (Lipinski definition) is 2. The van der Waals surface area contributed by atoms with Crippen LogP contribution in [-0.2, 0) is 0 Å². The van der Waals surface area contributed by atoms with Crippen LogP contribution in [0.15, 0.2) is 24.5 Å². The predicted molar refractivity (Wildman–Crippen MR) is 112 cm³/mol. The second-order valence-corrected chi connectivity index (χ2v) is 9.44. The van der Waals surface area contributed by atoms with Gasteiger partial charge in [0.05, 0.1) is 4.92 Å². The third-order valence-electron chi connectivity index (χ3n) is 7.06.